The Hall–Kier alpha value is -1.91. The normalized spacial score (nSPS) is 12.6. The average Bonchev–Trinajstić information content (AvgIpc) is 2.50. The first-order valence-electron chi connectivity index (χ1n) is 6.77. The summed E-state index contributed by atoms with van der Waals surface area (Å²) >= 11 is 11.7. The molecule has 0 amide bonds. The van der Waals surface area contributed by atoms with Crippen LogP contribution in [0, 0.1) is 10.1 Å². The minimum atomic E-state index is -4.07. The van der Waals surface area contributed by atoms with Gasteiger partial charge >= 0.3 is 0 Å². The quantitative estimate of drug-likeness (QED) is 0.499. The summed E-state index contributed by atoms with van der Waals surface area (Å²) in [4.78, 5) is 10.0. The summed E-state index contributed by atoms with van der Waals surface area (Å²) in [5.74, 6) is 0. The second-order valence-corrected chi connectivity index (χ2v) is 7.51. The Morgan fingerprint density at radius 2 is 1.80 bits per heavy atom. The van der Waals surface area contributed by atoms with Crippen LogP contribution < -0.4 is 10.5 Å². The molecule has 0 aliphatic heterocycles. The van der Waals surface area contributed by atoms with E-state index in [1.165, 1.54) is 24.3 Å². The second-order valence-electron chi connectivity index (χ2n) is 5.08. The number of aliphatic hydroxyl groups excluding tert-OH is 1. The molecule has 11 heteroatoms. The lowest BCUT2D eigenvalue weighted by atomic mass is 10.1. The molecule has 2 aromatic rings. The summed E-state index contributed by atoms with van der Waals surface area (Å²) in [6, 6.07) is 7.71. The standard InChI is InChI=1S/C14H13Cl2N3O5S/c15-9-3-8(4-10(16)5-9)14(20)7-18-12-2-1-11(25(17,23)24)6-13(12)19(21)22/h1-6,14,18,20H,7H2,(H2,17,23,24). The van der Waals surface area contributed by atoms with Gasteiger partial charge < -0.3 is 10.4 Å². The molecule has 0 aromatic heterocycles. The highest BCUT2D eigenvalue weighted by Crippen LogP contribution is 2.29. The van der Waals surface area contributed by atoms with Crippen molar-refractivity contribution in [3.05, 3.63) is 62.1 Å². The molecule has 134 valence electrons. The summed E-state index contributed by atoms with van der Waals surface area (Å²) < 4.78 is 22.6. The number of nitrogens with zero attached hydrogens (tertiary/aromatic N) is 1. The number of hydrogen-bond donors (Lipinski definition) is 3. The van der Waals surface area contributed by atoms with Crippen molar-refractivity contribution >= 4 is 44.6 Å². The summed E-state index contributed by atoms with van der Waals surface area (Å²) in [6.45, 7) is -0.0910. The zero-order valence-electron chi connectivity index (χ0n) is 12.5. The molecular formula is C14H13Cl2N3O5S. The van der Waals surface area contributed by atoms with Crippen molar-refractivity contribution < 1.29 is 18.4 Å². The number of halogens is 2. The Bertz CT molecular complexity index is 900. The van der Waals surface area contributed by atoms with E-state index in [1.807, 2.05) is 0 Å². The number of rotatable bonds is 6. The van der Waals surface area contributed by atoms with E-state index in [1.54, 1.807) is 0 Å². The highest BCUT2D eigenvalue weighted by atomic mass is 35.5. The van der Waals surface area contributed by atoms with Gasteiger partial charge in [-0.2, -0.15) is 0 Å². The fourth-order valence-electron chi connectivity index (χ4n) is 2.08. The first-order valence-corrected chi connectivity index (χ1v) is 9.07. The number of nitrogens with one attached hydrogen (secondary N) is 1. The van der Waals surface area contributed by atoms with Gasteiger partial charge in [-0.15, -0.1) is 0 Å². The first-order chi connectivity index (χ1) is 11.6. The van der Waals surface area contributed by atoms with Gasteiger partial charge in [-0.05, 0) is 35.9 Å². The molecule has 0 saturated heterocycles. The van der Waals surface area contributed by atoms with Crippen molar-refractivity contribution in [1.29, 1.82) is 0 Å². The Kier molecular flexibility index (Phi) is 5.86. The minimum Gasteiger partial charge on any atom is -0.387 e. The number of aliphatic hydroxyl groups is 1. The molecule has 0 radical (unpaired) electrons. The van der Waals surface area contributed by atoms with Crippen LogP contribution in [-0.4, -0.2) is 25.0 Å². The maximum absolute atomic E-state index is 11.3. The monoisotopic (exact) mass is 405 g/mol. The molecule has 25 heavy (non-hydrogen) atoms. The first kappa shape index (κ1) is 19.4. The van der Waals surface area contributed by atoms with Crippen molar-refractivity contribution in [3.8, 4) is 0 Å². The van der Waals surface area contributed by atoms with Crippen molar-refractivity contribution in [2.45, 2.75) is 11.0 Å². The fraction of sp³-hybridized carbons (Fsp3) is 0.143. The largest absolute Gasteiger partial charge is 0.387 e. The van der Waals surface area contributed by atoms with Crippen LogP contribution >= 0.6 is 23.2 Å². The highest BCUT2D eigenvalue weighted by molar-refractivity contribution is 7.89. The van der Waals surface area contributed by atoms with Crippen molar-refractivity contribution in [2.24, 2.45) is 5.14 Å². The number of nitrogens with two attached hydrogens (primary N) is 1. The molecule has 0 fully saturated rings. The lowest BCUT2D eigenvalue weighted by Gasteiger charge is -2.14. The van der Waals surface area contributed by atoms with E-state index < -0.39 is 26.7 Å². The third-order valence-electron chi connectivity index (χ3n) is 3.25. The Balaban J connectivity index is 2.23. The van der Waals surface area contributed by atoms with Crippen LogP contribution in [0.15, 0.2) is 41.3 Å². The molecule has 2 rings (SSSR count). The lowest BCUT2D eigenvalue weighted by Crippen LogP contribution is -2.15. The molecule has 0 aliphatic rings. The third-order valence-corrected chi connectivity index (χ3v) is 4.60. The zero-order chi connectivity index (χ0) is 18.8. The number of nitro groups is 1. The predicted molar refractivity (Wildman–Crippen MR) is 94.4 cm³/mol. The molecule has 0 heterocycles. The maximum atomic E-state index is 11.3. The van der Waals surface area contributed by atoms with Gasteiger partial charge in [0.25, 0.3) is 5.69 Å². The van der Waals surface area contributed by atoms with Crippen molar-refractivity contribution in [1.82, 2.24) is 0 Å². The SMILES string of the molecule is NS(=O)(=O)c1ccc(NCC(O)c2cc(Cl)cc(Cl)c2)c([N+](=O)[O-])c1. The molecule has 1 atom stereocenters. The molecular weight excluding hydrogens is 393 g/mol. The van der Waals surface area contributed by atoms with Crippen molar-refractivity contribution in [2.75, 3.05) is 11.9 Å². The number of anilines is 1. The van der Waals surface area contributed by atoms with E-state index in [4.69, 9.17) is 28.3 Å². The Morgan fingerprint density at radius 3 is 2.32 bits per heavy atom. The van der Waals surface area contributed by atoms with E-state index in [0.717, 1.165) is 12.1 Å². The topological polar surface area (TPSA) is 136 Å². The van der Waals surface area contributed by atoms with Crippen LogP contribution in [-0.2, 0) is 10.0 Å². The molecule has 2 aromatic carbocycles. The second kappa shape index (κ2) is 7.54. The molecule has 0 bridgehead atoms. The van der Waals surface area contributed by atoms with Gasteiger partial charge in [0.2, 0.25) is 10.0 Å². The van der Waals surface area contributed by atoms with E-state index in [-0.39, 0.29) is 17.1 Å². The van der Waals surface area contributed by atoms with Crippen LogP contribution in [0.3, 0.4) is 0 Å². The summed E-state index contributed by atoms with van der Waals surface area (Å²) in [6.07, 6.45) is -1.05. The van der Waals surface area contributed by atoms with Crippen LogP contribution in [0.1, 0.15) is 11.7 Å². The summed E-state index contributed by atoms with van der Waals surface area (Å²) in [7, 11) is -4.07. The molecule has 1 unspecified atom stereocenters. The summed E-state index contributed by atoms with van der Waals surface area (Å²) in [5.41, 5.74) is -0.0266. The van der Waals surface area contributed by atoms with Gasteiger partial charge in [-0.1, -0.05) is 23.2 Å². The Morgan fingerprint density at radius 1 is 1.20 bits per heavy atom. The lowest BCUT2D eigenvalue weighted by molar-refractivity contribution is -0.384. The average molecular weight is 406 g/mol. The Labute approximate surface area is 153 Å². The van der Waals surface area contributed by atoms with E-state index in [0.29, 0.717) is 15.6 Å². The number of benzene rings is 2. The van der Waals surface area contributed by atoms with E-state index >= 15 is 0 Å². The van der Waals surface area contributed by atoms with Gasteiger partial charge in [0.05, 0.1) is 15.9 Å². The zero-order valence-corrected chi connectivity index (χ0v) is 14.8. The molecule has 0 spiro atoms. The third kappa shape index (κ3) is 5.03. The number of hydrogen-bond acceptors (Lipinski definition) is 6. The van der Waals surface area contributed by atoms with Gasteiger partial charge in [0.1, 0.15) is 5.69 Å². The van der Waals surface area contributed by atoms with Gasteiger partial charge in [-0.3, -0.25) is 10.1 Å². The van der Waals surface area contributed by atoms with Crippen LogP contribution in [0.5, 0.6) is 0 Å². The molecule has 4 N–H and O–H groups in total. The maximum Gasteiger partial charge on any atom is 0.293 e. The number of primary sulfonamides is 1. The summed E-state index contributed by atoms with van der Waals surface area (Å²) in [5, 5.41) is 29.7. The molecule has 0 aliphatic carbocycles. The van der Waals surface area contributed by atoms with Crippen molar-refractivity contribution in [3.63, 3.8) is 0 Å². The minimum absolute atomic E-state index is 0.0320. The predicted octanol–water partition coefficient (Wildman–Crippen LogP) is 2.69. The smallest absolute Gasteiger partial charge is 0.293 e. The van der Waals surface area contributed by atoms with E-state index in [9.17, 15) is 23.6 Å². The van der Waals surface area contributed by atoms with Gasteiger partial charge in [0.15, 0.2) is 0 Å². The van der Waals surface area contributed by atoms with Crippen LogP contribution in [0.25, 0.3) is 0 Å². The number of sulfonamides is 1. The molecule has 8 nitrogen and oxygen atoms in total. The van der Waals surface area contributed by atoms with Gasteiger partial charge in [0, 0.05) is 22.7 Å². The fourth-order valence-corrected chi connectivity index (χ4v) is 3.16. The van der Waals surface area contributed by atoms with Crippen LogP contribution in [0.4, 0.5) is 11.4 Å². The molecule has 0 saturated carbocycles. The van der Waals surface area contributed by atoms with Gasteiger partial charge in [-0.25, -0.2) is 13.6 Å². The van der Waals surface area contributed by atoms with E-state index in [2.05, 4.69) is 5.32 Å². The highest BCUT2D eigenvalue weighted by Gasteiger charge is 2.20. The number of nitro benzene ring substituents is 1. The van der Waals surface area contributed by atoms with Crippen LogP contribution in [0.2, 0.25) is 10.0 Å².